The maximum Gasteiger partial charge on any atom is 0.221 e. The second-order valence-electron chi connectivity index (χ2n) is 6.64. The van der Waals surface area contributed by atoms with Gasteiger partial charge in [-0.05, 0) is 55.0 Å². The first-order chi connectivity index (χ1) is 13.0. The molecular formula is C22H33N3O2. The van der Waals surface area contributed by atoms with Crippen LogP contribution in [0.3, 0.4) is 0 Å². The lowest BCUT2D eigenvalue weighted by molar-refractivity contribution is -0.109. The van der Waals surface area contributed by atoms with Gasteiger partial charge in [-0.3, -0.25) is 10.2 Å². The van der Waals surface area contributed by atoms with Gasteiger partial charge in [-0.25, -0.2) is 5.84 Å². The van der Waals surface area contributed by atoms with Crippen LogP contribution in [0.5, 0.6) is 5.75 Å². The number of carbonyl (C=O) groups is 1. The van der Waals surface area contributed by atoms with E-state index in [-0.39, 0.29) is 0 Å². The summed E-state index contributed by atoms with van der Waals surface area (Å²) in [5, 5.41) is 3.25. The van der Waals surface area contributed by atoms with Crippen molar-refractivity contribution in [3.8, 4) is 5.75 Å². The number of nitrogens with two attached hydrogens (primary N) is 1. The van der Waals surface area contributed by atoms with E-state index in [0.717, 1.165) is 11.4 Å². The lowest BCUT2D eigenvalue weighted by atomic mass is 9.95. The zero-order valence-electron chi connectivity index (χ0n) is 17.1. The van der Waals surface area contributed by atoms with E-state index < -0.39 is 0 Å². The third-order valence-corrected chi connectivity index (χ3v) is 4.61. The number of hydrazine groups is 1. The quantitative estimate of drug-likeness (QED) is 0.278. The Kier molecular flexibility index (Phi) is 9.98. The Morgan fingerprint density at radius 2 is 1.89 bits per heavy atom. The minimum atomic E-state index is 0.403. The largest absolute Gasteiger partial charge is 0.489 e. The number of anilines is 1. The van der Waals surface area contributed by atoms with Gasteiger partial charge in [-0.1, -0.05) is 44.5 Å². The highest BCUT2D eigenvalue weighted by Gasteiger charge is 2.09. The summed E-state index contributed by atoms with van der Waals surface area (Å²) in [7, 11) is 1.95. The number of carbonyl (C=O) groups excluding carboxylic acids is 1. The molecule has 0 bridgehead atoms. The maximum absolute atomic E-state index is 8.94. The predicted molar refractivity (Wildman–Crippen MR) is 113 cm³/mol. The van der Waals surface area contributed by atoms with Gasteiger partial charge in [0.05, 0.1) is 0 Å². The number of amides is 1. The van der Waals surface area contributed by atoms with Gasteiger partial charge in [-0.15, -0.1) is 0 Å². The summed E-state index contributed by atoms with van der Waals surface area (Å²) in [4.78, 5) is 8.94. The van der Waals surface area contributed by atoms with Crippen LogP contribution in [0.15, 0.2) is 36.4 Å². The molecule has 0 spiro atoms. The summed E-state index contributed by atoms with van der Waals surface area (Å²) in [5.74, 6) is 6.00. The van der Waals surface area contributed by atoms with Gasteiger partial charge in [0.2, 0.25) is 6.41 Å². The van der Waals surface area contributed by atoms with Crippen LogP contribution in [0.2, 0.25) is 0 Å². The Bertz CT molecular complexity index is 717. The first-order valence-electron chi connectivity index (χ1n) is 9.37. The van der Waals surface area contributed by atoms with Gasteiger partial charge in [0.25, 0.3) is 0 Å². The molecule has 0 saturated carbocycles. The Hall–Kier alpha value is -2.53. The smallest absolute Gasteiger partial charge is 0.221 e. The average molecular weight is 372 g/mol. The number of hydrogen-bond acceptors (Lipinski definition) is 4. The first kappa shape index (κ1) is 22.5. The molecule has 0 fully saturated rings. The lowest BCUT2D eigenvalue weighted by Gasteiger charge is -2.16. The predicted octanol–water partition coefficient (Wildman–Crippen LogP) is 4.43. The van der Waals surface area contributed by atoms with Gasteiger partial charge in [0, 0.05) is 18.3 Å². The molecule has 2 rings (SSSR count). The monoisotopic (exact) mass is 371 g/mol. The SMILES string of the molecule is CCCC(C)c1ccc(OCc2c(C)cccc2NC)c(C)c1.NNC=O. The van der Waals surface area contributed by atoms with Gasteiger partial charge < -0.3 is 10.1 Å². The third kappa shape index (κ3) is 6.94. The number of rotatable bonds is 8. The molecule has 0 aliphatic rings. The maximum atomic E-state index is 8.94. The van der Waals surface area contributed by atoms with Crippen LogP contribution in [0, 0.1) is 13.8 Å². The number of ether oxygens (including phenoxy) is 1. The van der Waals surface area contributed by atoms with E-state index in [9.17, 15) is 0 Å². The Morgan fingerprint density at radius 1 is 1.19 bits per heavy atom. The van der Waals surface area contributed by atoms with Crippen molar-refractivity contribution in [3.05, 3.63) is 58.7 Å². The van der Waals surface area contributed by atoms with Gasteiger partial charge >= 0.3 is 0 Å². The van der Waals surface area contributed by atoms with E-state index in [1.54, 1.807) is 5.43 Å². The molecule has 5 heteroatoms. The molecule has 5 nitrogen and oxygen atoms in total. The Morgan fingerprint density at radius 3 is 2.44 bits per heavy atom. The molecular weight excluding hydrogens is 338 g/mol. The van der Waals surface area contributed by atoms with E-state index in [2.05, 4.69) is 75.3 Å². The molecule has 0 radical (unpaired) electrons. The molecule has 2 aromatic rings. The fraction of sp³-hybridized carbons (Fsp3) is 0.409. The highest BCUT2D eigenvalue weighted by Crippen LogP contribution is 2.28. The molecule has 0 heterocycles. The summed E-state index contributed by atoms with van der Waals surface area (Å²) in [6, 6.07) is 12.9. The first-order valence-corrected chi connectivity index (χ1v) is 9.37. The van der Waals surface area contributed by atoms with E-state index in [4.69, 9.17) is 9.53 Å². The molecule has 1 amide bonds. The van der Waals surface area contributed by atoms with Crippen molar-refractivity contribution in [3.63, 3.8) is 0 Å². The van der Waals surface area contributed by atoms with Crippen LogP contribution >= 0.6 is 0 Å². The van der Waals surface area contributed by atoms with Gasteiger partial charge in [-0.2, -0.15) is 0 Å². The molecule has 0 aliphatic carbocycles. The summed E-state index contributed by atoms with van der Waals surface area (Å²) in [6.07, 6.45) is 2.85. The summed E-state index contributed by atoms with van der Waals surface area (Å²) in [5.41, 5.74) is 7.98. The van der Waals surface area contributed by atoms with Crippen molar-refractivity contribution in [1.82, 2.24) is 5.43 Å². The number of aryl methyl sites for hydroxylation is 2. The molecule has 27 heavy (non-hydrogen) atoms. The van der Waals surface area contributed by atoms with Crippen LogP contribution < -0.4 is 21.3 Å². The van der Waals surface area contributed by atoms with E-state index in [1.807, 2.05) is 7.05 Å². The highest BCUT2D eigenvalue weighted by atomic mass is 16.5. The highest BCUT2D eigenvalue weighted by molar-refractivity contribution is 5.54. The third-order valence-electron chi connectivity index (χ3n) is 4.61. The molecule has 1 unspecified atom stereocenters. The van der Waals surface area contributed by atoms with Crippen LogP contribution in [-0.4, -0.2) is 13.5 Å². The van der Waals surface area contributed by atoms with Crippen LogP contribution in [-0.2, 0) is 11.4 Å². The number of nitrogens with one attached hydrogen (secondary N) is 2. The standard InChI is InChI=1S/C21H29NO.CH4N2O/c1-6-8-15(2)18-11-12-21(17(4)13-18)23-14-19-16(3)9-7-10-20(19)22-5;2-3-1-4/h7,9-13,15,22H,6,8,14H2,1-5H3;1H,2H2,(H,3,4). The molecule has 4 N–H and O–H groups in total. The lowest BCUT2D eigenvalue weighted by Crippen LogP contribution is -2.18. The minimum absolute atomic E-state index is 0.403. The Balaban J connectivity index is 0.000000828. The molecule has 148 valence electrons. The van der Waals surface area contributed by atoms with Crippen LogP contribution in [0.1, 0.15) is 54.9 Å². The minimum Gasteiger partial charge on any atom is -0.489 e. The summed E-state index contributed by atoms with van der Waals surface area (Å²) < 4.78 is 6.10. The van der Waals surface area contributed by atoms with Crippen LogP contribution in [0.25, 0.3) is 0 Å². The molecule has 0 aromatic heterocycles. The van der Waals surface area contributed by atoms with Crippen molar-refractivity contribution in [1.29, 1.82) is 0 Å². The second-order valence-corrected chi connectivity index (χ2v) is 6.64. The van der Waals surface area contributed by atoms with E-state index in [0.29, 0.717) is 18.9 Å². The topological polar surface area (TPSA) is 76.4 Å². The molecule has 1 atom stereocenters. The second kappa shape index (κ2) is 12.0. The van der Waals surface area contributed by atoms with Crippen LogP contribution in [0.4, 0.5) is 5.69 Å². The van der Waals surface area contributed by atoms with Crippen molar-refractivity contribution in [2.75, 3.05) is 12.4 Å². The summed E-state index contributed by atoms with van der Waals surface area (Å²) in [6.45, 7) is 9.39. The van der Waals surface area contributed by atoms with E-state index >= 15 is 0 Å². The fourth-order valence-corrected chi connectivity index (χ4v) is 3.02. The fourth-order valence-electron chi connectivity index (χ4n) is 3.02. The number of hydrogen-bond donors (Lipinski definition) is 3. The summed E-state index contributed by atoms with van der Waals surface area (Å²) >= 11 is 0. The molecule has 0 saturated heterocycles. The zero-order chi connectivity index (χ0) is 20.2. The van der Waals surface area contributed by atoms with E-state index in [1.165, 1.54) is 35.1 Å². The Labute approximate surface area is 163 Å². The van der Waals surface area contributed by atoms with Crippen molar-refractivity contribution >= 4 is 12.1 Å². The van der Waals surface area contributed by atoms with Gasteiger partial charge in [0.1, 0.15) is 12.4 Å². The average Bonchev–Trinajstić information content (AvgIpc) is 2.68. The van der Waals surface area contributed by atoms with Crippen molar-refractivity contribution in [2.45, 2.75) is 53.1 Å². The van der Waals surface area contributed by atoms with Crippen molar-refractivity contribution < 1.29 is 9.53 Å². The number of benzene rings is 2. The zero-order valence-corrected chi connectivity index (χ0v) is 17.1. The van der Waals surface area contributed by atoms with Crippen molar-refractivity contribution in [2.24, 2.45) is 5.84 Å². The molecule has 0 aliphatic heterocycles. The molecule has 2 aromatic carbocycles. The normalized spacial score (nSPS) is 11.0. The van der Waals surface area contributed by atoms with Gasteiger partial charge in [0.15, 0.2) is 0 Å².